The van der Waals surface area contributed by atoms with Crippen LogP contribution >= 0.6 is 0 Å². The van der Waals surface area contributed by atoms with Crippen LogP contribution in [0.25, 0.3) is 22.3 Å². The van der Waals surface area contributed by atoms with Crippen LogP contribution in [0.15, 0.2) is 36.7 Å². The highest BCUT2D eigenvalue weighted by Gasteiger charge is 2.10. The van der Waals surface area contributed by atoms with Crippen molar-refractivity contribution in [3.05, 3.63) is 47.9 Å². The van der Waals surface area contributed by atoms with Crippen molar-refractivity contribution < 1.29 is 0 Å². The summed E-state index contributed by atoms with van der Waals surface area (Å²) in [5.41, 5.74) is 10.5. The van der Waals surface area contributed by atoms with E-state index in [0.29, 0.717) is 11.5 Å². The molecule has 0 unspecified atom stereocenters. The third-order valence-electron chi connectivity index (χ3n) is 3.19. The van der Waals surface area contributed by atoms with Crippen LogP contribution in [0.2, 0.25) is 0 Å². The molecule has 0 aliphatic carbocycles. The molecule has 0 fully saturated rings. The highest BCUT2D eigenvalue weighted by Crippen LogP contribution is 2.27. The first-order chi connectivity index (χ1) is 9.16. The minimum Gasteiger partial charge on any atom is -0.397 e. The number of aromatic nitrogens is 3. The molecule has 0 bridgehead atoms. The second-order valence-corrected chi connectivity index (χ2v) is 4.57. The Labute approximate surface area is 111 Å². The van der Waals surface area contributed by atoms with Gasteiger partial charge in [-0.05, 0) is 37.6 Å². The molecule has 94 valence electrons. The summed E-state index contributed by atoms with van der Waals surface area (Å²) in [6, 6.07) is 7.70. The molecule has 0 atom stereocenters. The summed E-state index contributed by atoms with van der Waals surface area (Å²) in [6.07, 6.45) is 3.49. The number of rotatable bonds is 1. The normalized spacial score (nSPS) is 10.8. The molecular weight excluding hydrogens is 236 g/mol. The van der Waals surface area contributed by atoms with Gasteiger partial charge in [0.15, 0.2) is 5.82 Å². The van der Waals surface area contributed by atoms with Crippen molar-refractivity contribution in [2.24, 2.45) is 0 Å². The first-order valence-electron chi connectivity index (χ1n) is 6.10. The monoisotopic (exact) mass is 250 g/mol. The van der Waals surface area contributed by atoms with Gasteiger partial charge in [0.1, 0.15) is 0 Å². The molecule has 4 heteroatoms. The van der Waals surface area contributed by atoms with Crippen LogP contribution in [-0.4, -0.2) is 15.0 Å². The third-order valence-corrected chi connectivity index (χ3v) is 3.19. The molecule has 19 heavy (non-hydrogen) atoms. The predicted molar refractivity (Wildman–Crippen MR) is 76.7 cm³/mol. The summed E-state index contributed by atoms with van der Waals surface area (Å²) in [5, 5.41) is 1.03. The van der Waals surface area contributed by atoms with Crippen LogP contribution in [0.5, 0.6) is 0 Å². The first kappa shape index (κ1) is 11.6. The summed E-state index contributed by atoms with van der Waals surface area (Å²) >= 11 is 0. The third kappa shape index (κ3) is 1.91. The van der Waals surface area contributed by atoms with Gasteiger partial charge in [-0.2, -0.15) is 0 Å². The molecule has 4 nitrogen and oxygen atoms in total. The number of anilines is 1. The second-order valence-electron chi connectivity index (χ2n) is 4.57. The molecule has 3 aromatic rings. The van der Waals surface area contributed by atoms with Crippen molar-refractivity contribution in [2.45, 2.75) is 13.8 Å². The maximum atomic E-state index is 6.04. The molecule has 1 aromatic carbocycles. The number of fused-ring (bicyclic) bond motifs is 1. The van der Waals surface area contributed by atoms with Crippen molar-refractivity contribution in [2.75, 3.05) is 5.73 Å². The largest absolute Gasteiger partial charge is 0.397 e. The van der Waals surface area contributed by atoms with Crippen LogP contribution < -0.4 is 5.73 Å². The van der Waals surface area contributed by atoms with E-state index < -0.39 is 0 Å². The van der Waals surface area contributed by atoms with Gasteiger partial charge in [-0.15, -0.1) is 0 Å². The van der Waals surface area contributed by atoms with Crippen molar-refractivity contribution in [1.82, 2.24) is 15.0 Å². The van der Waals surface area contributed by atoms with Gasteiger partial charge in [-0.25, -0.2) is 9.97 Å². The van der Waals surface area contributed by atoms with Gasteiger partial charge in [-0.3, -0.25) is 4.98 Å². The number of pyridine rings is 1. The molecule has 3 rings (SSSR count). The highest BCUT2D eigenvalue weighted by atomic mass is 14.9. The Morgan fingerprint density at radius 2 is 1.89 bits per heavy atom. The zero-order valence-corrected chi connectivity index (χ0v) is 10.9. The Hall–Kier alpha value is -2.49. The predicted octanol–water partition coefficient (Wildman–Crippen LogP) is 2.89. The van der Waals surface area contributed by atoms with Gasteiger partial charge in [0, 0.05) is 29.0 Å². The summed E-state index contributed by atoms with van der Waals surface area (Å²) in [4.78, 5) is 13.3. The van der Waals surface area contributed by atoms with Crippen molar-refractivity contribution in [3.8, 4) is 11.4 Å². The van der Waals surface area contributed by atoms with Gasteiger partial charge >= 0.3 is 0 Å². The minimum atomic E-state index is 0.662. The second kappa shape index (κ2) is 4.31. The molecule has 2 heterocycles. The number of nitrogens with zero attached hydrogens (tertiary/aromatic N) is 3. The maximum Gasteiger partial charge on any atom is 0.161 e. The number of nitrogens with two attached hydrogens (primary N) is 1. The molecule has 0 spiro atoms. The van der Waals surface area contributed by atoms with E-state index in [2.05, 4.69) is 15.0 Å². The topological polar surface area (TPSA) is 64.7 Å². The molecule has 0 saturated carbocycles. The Morgan fingerprint density at radius 1 is 1.05 bits per heavy atom. The quantitative estimate of drug-likeness (QED) is 0.674. The first-order valence-corrected chi connectivity index (χ1v) is 6.10. The lowest BCUT2D eigenvalue weighted by Gasteiger charge is -2.09. The molecule has 0 saturated heterocycles. The number of hydrogen-bond donors (Lipinski definition) is 1. The van der Waals surface area contributed by atoms with E-state index in [0.717, 1.165) is 27.7 Å². The summed E-state index contributed by atoms with van der Waals surface area (Å²) in [7, 11) is 0. The average molecular weight is 250 g/mol. The summed E-state index contributed by atoms with van der Waals surface area (Å²) < 4.78 is 0. The summed E-state index contributed by atoms with van der Waals surface area (Å²) in [5.74, 6) is 0.662. The Bertz CT molecular complexity index is 751. The van der Waals surface area contributed by atoms with E-state index in [1.54, 1.807) is 12.4 Å². The van der Waals surface area contributed by atoms with Gasteiger partial charge in [0.25, 0.3) is 0 Å². The van der Waals surface area contributed by atoms with Crippen molar-refractivity contribution in [1.29, 1.82) is 0 Å². The van der Waals surface area contributed by atoms with Crippen LogP contribution in [0.4, 0.5) is 5.69 Å². The van der Waals surface area contributed by atoms with Crippen LogP contribution in [0.1, 0.15) is 11.3 Å². The molecular formula is C15H14N4. The number of hydrogen-bond acceptors (Lipinski definition) is 4. The van der Waals surface area contributed by atoms with Crippen LogP contribution in [0.3, 0.4) is 0 Å². The van der Waals surface area contributed by atoms with Gasteiger partial charge in [-0.1, -0.05) is 6.07 Å². The lowest BCUT2D eigenvalue weighted by molar-refractivity contribution is 1.15. The smallest absolute Gasteiger partial charge is 0.161 e. The van der Waals surface area contributed by atoms with Gasteiger partial charge in [0.2, 0.25) is 0 Å². The standard InChI is InChI=1S/C15H14N4/c1-9-5-6-12(16)14-13(9)10(2)18-15(19-14)11-4-3-7-17-8-11/h3-8H,16H2,1-2H3. The molecule has 2 N–H and O–H groups in total. The molecule has 0 aliphatic heterocycles. The zero-order valence-electron chi connectivity index (χ0n) is 10.9. The molecule has 2 aromatic heterocycles. The average Bonchev–Trinajstić information content (AvgIpc) is 2.43. The van der Waals surface area contributed by atoms with E-state index in [9.17, 15) is 0 Å². The SMILES string of the molecule is Cc1ccc(N)c2nc(-c3cccnc3)nc(C)c12. The number of aryl methyl sites for hydroxylation is 2. The van der Waals surface area contributed by atoms with E-state index in [4.69, 9.17) is 5.73 Å². The lowest BCUT2D eigenvalue weighted by Crippen LogP contribution is -1.99. The fourth-order valence-electron chi connectivity index (χ4n) is 2.26. The lowest BCUT2D eigenvalue weighted by atomic mass is 10.1. The fraction of sp³-hybridized carbons (Fsp3) is 0.133. The Balaban J connectivity index is 2.34. The van der Waals surface area contributed by atoms with Crippen LogP contribution in [0, 0.1) is 13.8 Å². The van der Waals surface area contributed by atoms with E-state index >= 15 is 0 Å². The minimum absolute atomic E-state index is 0.662. The van der Waals surface area contributed by atoms with Gasteiger partial charge in [0.05, 0.1) is 11.2 Å². The molecule has 0 aliphatic rings. The van der Waals surface area contributed by atoms with E-state index in [-0.39, 0.29) is 0 Å². The Morgan fingerprint density at radius 3 is 2.63 bits per heavy atom. The van der Waals surface area contributed by atoms with E-state index in [1.807, 2.05) is 38.1 Å². The van der Waals surface area contributed by atoms with E-state index in [1.165, 1.54) is 0 Å². The maximum absolute atomic E-state index is 6.04. The summed E-state index contributed by atoms with van der Waals surface area (Å²) in [6.45, 7) is 4.03. The fourth-order valence-corrected chi connectivity index (χ4v) is 2.26. The molecule has 0 amide bonds. The van der Waals surface area contributed by atoms with Gasteiger partial charge < -0.3 is 5.73 Å². The zero-order chi connectivity index (χ0) is 13.4. The van der Waals surface area contributed by atoms with Crippen molar-refractivity contribution >= 4 is 16.6 Å². The van der Waals surface area contributed by atoms with Crippen LogP contribution in [-0.2, 0) is 0 Å². The Kier molecular flexibility index (Phi) is 2.63. The highest BCUT2D eigenvalue weighted by molar-refractivity contribution is 5.94. The molecule has 0 radical (unpaired) electrons. The number of benzene rings is 1. The van der Waals surface area contributed by atoms with Crippen molar-refractivity contribution in [3.63, 3.8) is 0 Å². The number of nitrogen functional groups attached to an aromatic ring is 1.